The lowest BCUT2D eigenvalue weighted by molar-refractivity contribution is 0.226. The molecule has 0 aromatic carbocycles. The van der Waals surface area contributed by atoms with Crippen molar-refractivity contribution in [1.82, 2.24) is 9.29 Å². The molecule has 2 rings (SSSR count). The molecule has 5 nitrogen and oxygen atoms in total. The summed E-state index contributed by atoms with van der Waals surface area (Å²) in [4.78, 5) is 4.13. The third-order valence-electron chi connectivity index (χ3n) is 4.06. The summed E-state index contributed by atoms with van der Waals surface area (Å²) in [5, 5.41) is 0. The molecular weight excluding hydrogens is 306 g/mol. The SMILES string of the molecule is CC(C)C1CCN(S(=O)(=O)c2cccnc2C(N)=S)CC1. The zero-order valence-electron chi connectivity index (χ0n) is 12.3. The highest BCUT2D eigenvalue weighted by Gasteiger charge is 2.32. The second-order valence-electron chi connectivity index (χ2n) is 5.70. The molecule has 21 heavy (non-hydrogen) atoms. The summed E-state index contributed by atoms with van der Waals surface area (Å²) in [7, 11) is -3.58. The summed E-state index contributed by atoms with van der Waals surface area (Å²) in [5.41, 5.74) is 5.77. The lowest BCUT2D eigenvalue weighted by Crippen LogP contribution is -2.40. The van der Waals surface area contributed by atoms with E-state index < -0.39 is 10.0 Å². The van der Waals surface area contributed by atoms with Gasteiger partial charge in [-0.25, -0.2) is 8.42 Å². The summed E-state index contributed by atoms with van der Waals surface area (Å²) in [6.07, 6.45) is 3.28. The summed E-state index contributed by atoms with van der Waals surface area (Å²) in [6.45, 7) is 5.44. The molecule has 0 saturated carbocycles. The summed E-state index contributed by atoms with van der Waals surface area (Å²) < 4.78 is 27.0. The van der Waals surface area contributed by atoms with Crippen molar-refractivity contribution in [2.75, 3.05) is 13.1 Å². The highest BCUT2D eigenvalue weighted by molar-refractivity contribution is 7.89. The number of nitrogens with zero attached hydrogens (tertiary/aromatic N) is 2. The Bertz CT molecular complexity index is 621. The molecule has 0 atom stereocenters. The van der Waals surface area contributed by atoms with Crippen LogP contribution in [0.2, 0.25) is 0 Å². The second-order valence-corrected chi connectivity index (χ2v) is 8.05. The fraction of sp³-hybridized carbons (Fsp3) is 0.571. The maximum atomic E-state index is 12.8. The number of sulfonamides is 1. The van der Waals surface area contributed by atoms with E-state index in [9.17, 15) is 8.42 Å². The minimum Gasteiger partial charge on any atom is -0.388 e. The molecule has 7 heteroatoms. The third kappa shape index (κ3) is 3.41. The lowest BCUT2D eigenvalue weighted by Gasteiger charge is -2.33. The fourth-order valence-corrected chi connectivity index (χ4v) is 4.56. The number of aromatic nitrogens is 1. The predicted octanol–water partition coefficient (Wildman–Crippen LogP) is 1.77. The van der Waals surface area contributed by atoms with E-state index in [-0.39, 0.29) is 15.6 Å². The summed E-state index contributed by atoms with van der Waals surface area (Å²) in [6, 6.07) is 3.11. The first-order valence-corrected chi connectivity index (χ1v) is 8.94. The van der Waals surface area contributed by atoms with Crippen LogP contribution in [0.1, 0.15) is 32.4 Å². The van der Waals surface area contributed by atoms with Gasteiger partial charge in [-0.15, -0.1) is 0 Å². The van der Waals surface area contributed by atoms with E-state index >= 15 is 0 Å². The number of rotatable bonds is 4. The zero-order valence-corrected chi connectivity index (χ0v) is 14.0. The van der Waals surface area contributed by atoms with Gasteiger partial charge in [-0.3, -0.25) is 4.98 Å². The van der Waals surface area contributed by atoms with Crippen LogP contribution < -0.4 is 5.73 Å². The quantitative estimate of drug-likeness (QED) is 0.853. The first-order chi connectivity index (χ1) is 9.84. The number of hydrogen-bond donors (Lipinski definition) is 1. The number of piperidine rings is 1. The molecule has 116 valence electrons. The highest BCUT2D eigenvalue weighted by Crippen LogP contribution is 2.28. The molecule has 2 N–H and O–H groups in total. The average molecular weight is 327 g/mol. The van der Waals surface area contributed by atoms with Gasteiger partial charge in [-0.2, -0.15) is 4.31 Å². The molecule has 0 spiro atoms. The van der Waals surface area contributed by atoms with Crippen LogP contribution >= 0.6 is 12.2 Å². The van der Waals surface area contributed by atoms with Gasteiger partial charge < -0.3 is 5.73 Å². The van der Waals surface area contributed by atoms with Gasteiger partial charge in [0.25, 0.3) is 0 Å². The van der Waals surface area contributed by atoms with Gasteiger partial charge in [0.2, 0.25) is 10.0 Å². The molecule has 0 radical (unpaired) electrons. The highest BCUT2D eigenvalue weighted by atomic mass is 32.2. The summed E-state index contributed by atoms with van der Waals surface area (Å²) in [5.74, 6) is 1.17. The van der Waals surface area contributed by atoms with Crippen LogP contribution in [-0.2, 0) is 10.0 Å². The second kappa shape index (κ2) is 6.37. The Balaban J connectivity index is 2.26. The molecule has 1 fully saturated rings. The Morgan fingerprint density at radius 2 is 2.05 bits per heavy atom. The maximum absolute atomic E-state index is 12.8. The predicted molar refractivity (Wildman–Crippen MR) is 86.4 cm³/mol. The third-order valence-corrected chi connectivity index (χ3v) is 6.19. The molecule has 0 amide bonds. The number of thiocarbonyl (C=S) groups is 1. The smallest absolute Gasteiger partial charge is 0.245 e. The van der Waals surface area contributed by atoms with Crippen molar-refractivity contribution in [2.45, 2.75) is 31.6 Å². The number of nitrogens with two attached hydrogens (primary N) is 1. The Hall–Kier alpha value is -1.05. The van der Waals surface area contributed by atoms with Crippen molar-refractivity contribution in [2.24, 2.45) is 17.6 Å². The van der Waals surface area contributed by atoms with E-state index in [0.717, 1.165) is 12.8 Å². The van der Waals surface area contributed by atoms with E-state index in [2.05, 4.69) is 18.8 Å². The molecule has 0 aliphatic carbocycles. The Morgan fingerprint density at radius 1 is 1.43 bits per heavy atom. The monoisotopic (exact) mass is 327 g/mol. The number of pyridine rings is 1. The topological polar surface area (TPSA) is 76.3 Å². The molecule has 0 unspecified atom stereocenters. The Morgan fingerprint density at radius 3 is 2.57 bits per heavy atom. The van der Waals surface area contributed by atoms with Crippen molar-refractivity contribution in [1.29, 1.82) is 0 Å². The van der Waals surface area contributed by atoms with Crippen LogP contribution in [0.25, 0.3) is 0 Å². The summed E-state index contributed by atoms with van der Waals surface area (Å²) >= 11 is 4.91. The van der Waals surface area contributed by atoms with E-state index in [4.69, 9.17) is 18.0 Å². The first kappa shape index (κ1) is 16.3. The molecule has 1 aromatic rings. The molecular formula is C14H21N3O2S2. The Labute approximate surface area is 131 Å². The zero-order chi connectivity index (χ0) is 15.6. The fourth-order valence-electron chi connectivity index (χ4n) is 2.71. The van der Waals surface area contributed by atoms with Crippen LogP contribution in [-0.4, -0.2) is 35.8 Å². The van der Waals surface area contributed by atoms with Crippen molar-refractivity contribution < 1.29 is 8.42 Å². The molecule has 1 saturated heterocycles. The standard InChI is InChI=1S/C14H21N3O2S2/c1-10(2)11-5-8-17(9-6-11)21(18,19)12-4-3-7-16-13(12)14(15)20/h3-4,7,10-11H,5-6,8-9H2,1-2H3,(H2,15,20). The van der Waals surface area contributed by atoms with Crippen molar-refractivity contribution in [3.63, 3.8) is 0 Å². The van der Waals surface area contributed by atoms with Gasteiger partial charge in [0.15, 0.2) is 0 Å². The van der Waals surface area contributed by atoms with Crippen LogP contribution in [0.4, 0.5) is 0 Å². The van der Waals surface area contributed by atoms with Crippen LogP contribution in [0.5, 0.6) is 0 Å². The van der Waals surface area contributed by atoms with Gasteiger partial charge in [-0.05, 0) is 36.8 Å². The van der Waals surface area contributed by atoms with Gasteiger partial charge in [0, 0.05) is 19.3 Å². The maximum Gasteiger partial charge on any atom is 0.245 e. The van der Waals surface area contributed by atoms with Gasteiger partial charge in [0.05, 0.1) is 0 Å². The lowest BCUT2D eigenvalue weighted by atomic mass is 9.87. The average Bonchev–Trinajstić information content (AvgIpc) is 2.47. The first-order valence-electron chi connectivity index (χ1n) is 7.09. The van der Waals surface area contributed by atoms with Gasteiger partial charge in [-0.1, -0.05) is 26.1 Å². The minimum absolute atomic E-state index is 0.00578. The van der Waals surface area contributed by atoms with E-state index in [1.165, 1.54) is 16.6 Å². The van der Waals surface area contributed by atoms with Crippen LogP contribution in [0.15, 0.2) is 23.2 Å². The number of hydrogen-bond acceptors (Lipinski definition) is 4. The molecule has 0 bridgehead atoms. The van der Waals surface area contributed by atoms with Crippen molar-refractivity contribution >= 4 is 27.2 Å². The van der Waals surface area contributed by atoms with E-state index in [1.807, 2.05) is 0 Å². The van der Waals surface area contributed by atoms with Crippen LogP contribution in [0, 0.1) is 11.8 Å². The minimum atomic E-state index is -3.58. The largest absolute Gasteiger partial charge is 0.388 e. The van der Waals surface area contributed by atoms with Crippen LogP contribution in [0.3, 0.4) is 0 Å². The molecule has 2 heterocycles. The van der Waals surface area contributed by atoms with Gasteiger partial charge >= 0.3 is 0 Å². The molecule has 1 aliphatic rings. The normalized spacial score (nSPS) is 18.0. The van der Waals surface area contributed by atoms with Gasteiger partial charge in [0.1, 0.15) is 15.6 Å². The van der Waals surface area contributed by atoms with E-state index in [1.54, 1.807) is 6.07 Å². The van der Waals surface area contributed by atoms with E-state index in [0.29, 0.717) is 24.9 Å². The van der Waals surface area contributed by atoms with Crippen molar-refractivity contribution in [3.8, 4) is 0 Å². The Kier molecular flexibility index (Phi) is 4.95. The van der Waals surface area contributed by atoms with Crippen molar-refractivity contribution in [3.05, 3.63) is 24.0 Å². The molecule has 1 aliphatic heterocycles. The molecule has 1 aromatic heterocycles.